The smallest absolute Gasteiger partial charge is 0.153 e. The largest absolute Gasteiger partial charge is 0.454 e. The molecule has 0 N–H and O–H groups in total. The fourth-order valence-electron chi connectivity index (χ4n) is 4.82. The summed E-state index contributed by atoms with van der Waals surface area (Å²) >= 11 is 0. The van der Waals surface area contributed by atoms with Crippen LogP contribution >= 0.6 is 0 Å². The lowest BCUT2D eigenvalue weighted by atomic mass is 9.90. The number of hydrogen-bond donors (Lipinski definition) is 0. The predicted molar refractivity (Wildman–Crippen MR) is 121 cm³/mol. The molecule has 1 aliphatic carbocycles. The van der Waals surface area contributed by atoms with Gasteiger partial charge in [0, 0.05) is 23.5 Å². The number of aromatic nitrogens is 2. The van der Waals surface area contributed by atoms with Gasteiger partial charge in [-0.15, -0.1) is 0 Å². The third kappa shape index (κ3) is 3.72. The lowest BCUT2D eigenvalue weighted by molar-refractivity contribution is 0.160. The summed E-state index contributed by atoms with van der Waals surface area (Å²) in [5.74, 6) is 0. The summed E-state index contributed by atoms with van der Waals surface area (Å²) < 4.78 is 5.97. The molecule has 3 aromatic heterocycles. The van der Waals surface area contributed by atoms with Crippen LogP contribution in [0.3, 0.4) is 0 Å². The molecule has 0 aliphatic heterocycles. The van der Waals surface area contributed by atoms with E-state index in [-0.39, 0.29) is 0 Å². The minimum atomic E-state index is 0.380. The van der Waals surface area contributed by atoms with Crippen molar-refractivity contribution in [3.05, 3.63) is 71.8 Å². The Hall–Kier alpha value is -2.72. The molecule has 5 rings (SSSR count). The van der Waals surface area contributed by atoms with Crippen molar-refractivity contribution < 1.29 is 4.42 Å². The van der Waals surface area contributed by atoms with Gasteiger partial charge < -0.3 is 4.42 Å². The second-order valence-corrected chi connectivity index (χ2v) is 8.40. The van der Waals surface area contributed by atoms with E-state index < -0.39 is 0 Å². The highest BCUT2D eigenvalue weighted by Gasteiger charge is 2.27. The van der Waals surface area contributed by atoms with Crippen molar-refractivity contribution in [3.8, 4) is 0 Å². The molecule has 0 saturated carbocycles. The van der Waals surface area contributed by atoms with Crippen LogP contribution in [0.2, 0.25) is 0 Å². The van der Waals surface area contributed by atoms with E-state index in [1.165, 1.54) is 48.7 Å². The van der Waals surface area contributed by atoms with Crippen molar-refractivity contribution >= 4 is 21.9 Å². The number of rotatable bonds is 7. The van der Waals surface area contributed by atoms with E-state index in [0.29, 0.717) is 6.04 Å². The first-order chi connectivity index (χ1) is 14.8. The van der Waals surface area contributed by atoms with Crippen LogP contribution in [-0.2, 0) is 13.0 Å². The zero-order valence-electron chi connectivity index (χ0n) is 17.7. The maximum atomic E-state index is 5.97. The van der Waals surface area contributed by atoms with Gasteiger partial charge in [0.15, 0.2) is 5.58 Å². The van der Waals surface area contributed by atoms with Crippen LogP contribution in [0.25, 0.3) is 21.9 Å². The molecule has 3 heterocycles. The Kier molecular flexibility index (Phi) is 5.50. The molecule has 1 unspecified atom stereocenters. The Bertz CT molecular complexity index is 1150. The third-order valence-corrected chi connectivity index (χ3v) is 6.34. The van der Waals surface area contributed by atoms with Gasteiger partial charge in [-0.1, -0.05) is 44.0 Å². The molecule has 4 heteroatoms. The van der Waals surface area contributed by atoms with Gasteiger partial charge in [-0.2, -0.15) is 0 Å². The van der Waals surface area contributed by atoms with Gasteiger partial charge in [-0.25, -0.2) is 0 Å². The number of nitrogens with zero attached hydrogens (tertiary/aromatic N) is 3. The molecule has 0 radical (unpaired) electrons. The van der Waals surface area contributed by atoms with E-state index >= 15 is 0 Å². The Morgan fingerprint density at radius 2 is 1.97 bits per heavy atom. The van der Waals surface area contributed by atoms with Crippen LogP contribution < -0.4 is 0 Å². The summed E-state index contributed by atoms with van der Waals surface area (Å²) in [5.41, 5.74) is 5.58. The molecule has 0 bridgehead atoms. The quantitative estimate of drug-likeness (QED) is 0.335. The van der Waals surface area contributed by atoms with Crippen molar-refractivity contribution in [1.29, 1.82) is 0 Å². The molecule has 4 nitrogen and oxygen atoms in total. The summed E-state index contributed by atoms with van der Waals surface area (Å²) in [7, 11) is 0. The zero-order valence-corrected chi connectivity index (χ0v) is 17.7. The molecule has 30 heavy (non-hydrogen) atoms. The van der Waals surface area contributed by atoms with E-state index in [4.69, 9.17) is 14.4 Å². The highest BCUT2D eigenvalue weighted by molar-refractivity contribution is 6.04. The molecule has 1 atom stereocenters. The molecule has 1 aromatic carbocycles. The molecule has 0 spiro atoms. The Morgan fingerprint density at radius 1 is 1.03 bits per heavy atom. The number of fused-ring (bicyclic) bond motifs is 4. The summed E-state index contributed by atoms with van der Waals surface area (Å²) in [6, 6.07) is 15.2. The van der Waals surface area contributed by atoms with Crippen LogP contribution in [0.1, 0.15) is 62.0 Å². The number of hydrogen-bond acceptors (Lipinski definition) is 4. The second-order valence-electron chi connectivity index (χ2n) is 8.40. The molecule has 1 aliphatic rings. The van der Waals surface area contributed by atoms with Crippen LogP contribution in [-0.4, -0.2) is 21.4 Å². The molecular weight excluding hydrogens is 370 g/mol. The summed E-state index contributed by atoms with van der Waals surface area (Å²) in [6.07, 6.45) is 11.1. The SMILES string of the molecule is CCCCCN(Cc1cc2c(cn1)oc1ccccc12)C1CCCc2cccnc21. The highest BCUT2D eigenvalue weighted by atomic mass is 16.3. The van der Waals surface area contributed by atoms with Crippen LogP contribution in [0.15, 0.2) is 59.3 Å². The van der Waals surface area contributed by atoms with E-state index in [1.807, 2.05) is 24.5 Å². The minimum Gasteiger partial charge on any atom is -0.454 e. The fourth-order valence-corrected chi connectivity index (χ4v) is 4.82. The number of aryl methyl sites for hydroxylation is 1. The maximum Gasteiger partial charge on any atom is 0.153 e. The van der Waals surface area contributed by atoms with Crippen molar-refractivity contribution in [2.45, 2.75) is 58.0 Å². The predicted octanol–water partition coefficient (Wildman–Crippen LogP) is 6.45. The topological polar surface area (TPSA) is 42.2 Å². The first-order valence-corrected chi connectivity index (χ1v) is 11.3. The van der Waals surface area contributed by atoms with Gasteiger partial charge >= 0.3 is 0 Å². The zero-order chi connectivity index (χ0) is 20.3. The van der Waals surface area contributed by atoms with E-state index in [0.717, 1.165) is 41.8 Å². The van der Waals surface area contributed by atoms with Crippen molar-refractivity contribution in [2.75, 3.05) is 6.54 Å². The average molecular weight is 400 g/mol. The molecule has 0 saturated heterocycles. The fraction of sp³-hybridized carbons (Fsp3) is 0.385. The first-order valence-electron chi connectivity index (χ1n) is 11.3. The van der Waals surface area contributed by atoms with Gasteiger partial charge in [0.05, 0.1) is 23.6 Å². The first kappa shape index (κ1) is 19.3. The normalized spacial score (nSPS) is 16.4. The van der Waals surface area contributed by atoms with Crippen molar-refractivity contribution in [1.82, 2.24) is 14.9 Å². The van der Waals surface area contributed by atoms with E-state index in [1.54, 1.807) is 0 Å². The van der Waals surface area contributed by atoms with Crippen LogP contribution in [0.4, 0.5) is 0 Å². The average Bonchev–Trinajstić information content (AvgIpc) is 3.16. The summed E-state index contributed by atoms with van der Waals surface area (Å²) in [6.45, 7) is 4.20. The lowest BCUT2D eigenvalue weighted by Crippen LogP contribution is -2.33. The molecule has 0 fully saturated rings. The third-order valence-electron chi connectivity index (χ3n) is 6.34. The second kappa shape index (κ2) is 8.57. The van der Waals surface area contributed by atoms with Gasteiger partial charge in [0.2, 0.25) is 0 Å². The lowest BCUT2D eigenvalue weighted by Gasteiger charge is -2.35. The van der Waals surface area contributed by atoms with Gasteiger partial charge in [0.1, 0.15) is 5.58 Å². The summed E-state index contributed by atoms with van der Waals surface area (Å²) in [4.78, 5) is 12.2. The monoisotopic (exact) mass is 399 g/mol. The van der Waals surface area contributed by atoms with Gasteiger partial charge in [-0.05, 0) is 56.0 Å². The maximum absolute atomic E-state index is 5.97. The number of para-hydroxylation sites is 1. The van der Waals surface area contributed by atoms with Crippen molar-refractivity contribution in [2.24, 2.45) is 0 Å². The number of furan rings is 1. The van der Waals surface area contributed by atoms with Crippen LogP contribution in [0, 0.1) is 0 Å². The van der Waals surface area contributed by atoms with E-state index in [2.05, 4.69) is 42.2 Å². The number of pyridine rings is 2. The summed E-state index contributed by atoms with van der Waals surface area (Å²) in [5, 5.41) is 2.32. The van der Waals surface area contributed by atoms with Gasteiger partial charge in [-0.3, -0.25) is 14.9 Å². The van der Waals surface area contributed by atoms with Crippen LogP contribution in [0.5, 0.6) is 0 Å². The standard InChI is InChI=1S/C26H29N3O/c1-2-3-6-15-29(23-12-7-9-19-10-8-14-27-26(19)23)18-20-16-22-21-11-4-5-13-24(21)30-25(22)17-28-20/h4-5,8,10-11,13-14,16-17,23H,2-3,6-7,9,12,15,18H2,1H3. The Morgan fingerprint density at radius 3 is 2.90 bits per heavy atom. The molecular formula is C26H29N3O. The van der Waals surface area contributed by atoms with Gasteiger partial charge in [0.25, 0.3) is 0 Å². The number of unbranched alkanes of at least 4 members (excludes halogenated alkanes) is 2. The Labute approximate surface area is 177 Å². The molecule has 0 amide bonds. The molecule has 4 aromatic rings. The Balaban J connectivity index is 1.47. The minimum absolute atomic E-state index is 0.380. The molecule has 154 valence electrons. The highest BCUT2D eigenvalue weighted by Crippen LogP contribution is 2.34. The number of benzene rings is 1. The van der Waals surface area contributed by atoms with E-state index in [9.17, 15) is 0 Å². The van der Waals surface area contributed by atoms with Crippen molar-refractivity contribution in [3.63, 3.8) is 0 Å².